The van der Waals surface area contributed by atoms with Gasteiger partial charge in [0.2, 0.25) is 0 Å². The molecular formula is C15H17N3O3. The largest absolute Gasteiger partial charge is 0.481 e. The van der Waals surface area contributed by atoms with Gasteiger partial charge in [-0.25, -0.2) is 4.79 Å². The number of nitrogens with zero attached hydrogens (tertiary/aromatic N) is 2. The van der Waals surface area contributed by atoms with Crippen LogP contribution >= 0.6 is 0 Å². The van der Waals surface area contributed by atoms with Gasteiger partial charge in [-0.05, 0) is 30.5 Å². The maximum atomic E-state index is 12.0. The van der Waals surface area contributed by atoms with E-state index >= 15 is 0 Å². The standard InChI is InChI=1S/C15H17N3O3/c16-8-11-3-5-12(6-4-11)9-17-15(21)18-7-1-2-13(10-18)14(19)20/h3-6,13H,1-2,7,9-10H2,(H,17,21)(H,19,20). The minimum Gasteiger partial charge on any atom is -0.481 e. The Bertz CT molecular complexity index is 563. The zero-order valence-electron chi connectivity index (χ0n) is 11.6. The summed E-state index contributed by atoms with van der Waals surface area (Å²) in [7, 11) is 0. The third kappa shape index (κ3) is 3.96. The fourth-order valence-electron chi connectivity index (χ4n) is 2.35. The second kappa shape index (κ2) is 6.75. The number of urea groups is 1. The summed E-state index contributed by atoms with van der Waals surface area (Å²) in [4.78, 5) is 24.6. The molecule has 1 heterocycles. The van der Waals surface area contributed by atoms with Gasteiger partial charge in [-0.2, -0.15) is 5.26 Å². The number of carbonyl (C=O) groups excluding carboxylic acids is 1. The number of carboxylic acids is 1. The number of amides is 2. The second-order valence-electron chi connectivity index (χ2n) is 5.09. The lowest BCUT2D eigenvalue weighted by molar-refractivity contribution is -0.143. The van der Waals surface area contributed by atoms with Gasteiger partial charge in [0.05, 0.1) is 17.6 Å². The first-order chi connectivity index (χ1) is 10.1. The predicted molar refractivity (Wildman–Crippen MR) is 75.3 cm³/mol. The molecule has 1 aromatic rings. The number of hydrogen-bond donors (Lipinski definition) is 2. The molecule has 0 aliphatic carbocycles. The van der Waals surface area contributed by atoms with Gasteiger partial charge in [-0.1, -0.05) is 12.1 Å². The number of carboxylic acid groups (broad SMARTS) is 1. The van der Waals surface area contributed by atoms with Crippen LogP contribution in [0.1, 0.15) is 24.0 Å². The van der Waals surface area contributed by atoms with Crippen LogP contribution < -0.4 is 5.32 Å². The lowest BCUT2D eigenvalue weighted by atomic mass is 9.99. The van der Waals surface area contributed by atoms with Gasteiger partial charge in [0.15, 0.2) is 0 Å². The van der Waals surface area contributed by atoms with E-state index in [1.165, 1.54) is 0 Å². The summed E-state index contributed by atoms with van der Waals surface area (Å²) in [6.45, 7) is 1.20. The van der Waals surface area contributed by atoms with Crippen LogP contribution in [0.15, 0.2) is 24.3 Å². The Labute approximate surface area is 123 Å². The van der Waals surface area contributed by atoms with Crippen molar-refractivity contribution in [2.24, 2.45) is 5.92 Å². The summed E-state index contributed by atoms with van der Waals surface area (Å²) in [6.07, 6.45) is 1.33. The molecule has 110 valence electrons. The van der Waals surface area contributed by atoms with Crippen LogP contribution in [0.4, 0.5) is 4.79 Å². The van der Waals surface area contributed by atoms with Crippen molar-refractivity contribution in [2.75, 3.05) is 13.1 Å². The molecule has 2 N–H and O–H groups in total. The molecule has 1 aromatic carbocycles. The minimum absolute atomic E-state index is 0.245. The third-order valence-electron chi connectivity index (χ3n) is 3.58. The molecule has 2 rings (SSSR count). The minimum atomic E-state index is -0.848. The highest BCUT2D eigenvalue weighted by molar-refractivity contribution is 5.76. The SMILES string of the molecule is N#Cc1ccc(CNC(=O)N2CCCC(C(=O)O)C2)cc1. The number of nitriles is 1. The highest BCUT2D eigenvalue weighted by Gasteiger charge is 2.27. The molecular weight excluding hydrogens is 270 g/mol. The number of carbonyl (C=O) groups is 2. The van der Waals surface area contributed by atoms with Gasteiger partial charge in [0.25, 0.3) is 0 Å². The van der Waals surface area contributed by atoms with E-state index in [0.717, 1.165) is 5.56 Å². The lowest BCUT2D eigenvalue weighted by Crippen LogP contribution is -2.46. The van der Waals surface area contributed by atoms with Crippen LogP contribution in [0, 0.1) is 17.2 Å². The number of hydrogen-bond acceptors (Lipinski definition) is 3. The summed E-state index contributed by atoms with van der Waals surface area (Å²) in [6, 6.07) is 8.76. The molecule has 21 heavy (non-hydrogen) atoms. The Hall–Kier alpha value is -2.55. The fraction of sp³-hybridized carbons (Fsp3) is 0.400. The van der Waals surface area contributed by atoms with Crippen molar-refractivity contribution in [3.63, 3.8) is 0 Å². The van der Waals surface area contributed by atoms with Gasteiger partial charge in [0.1, 0.15) is 0 Å². The molecule has 2 amide bonds. The molecule has 0 radical (unpaired) electrons. The van der Waals surface area contributed by atoms with Crippen molar-refractivity contribution in [2.45, 2.75) is 19.4 Å². The van der Waals surface area contributed by atoms with Crippen molar-refractivity contribution in [3.8, 4) is 6.07 Å². The number of nitrogens with one attached hydrogen (secondary N) is 1. The highest BCUT2D eigenvalue weighted by Crippen LogP contribution is 2.16. The van der Waals surface area contributed by atoms with E-state index in [9.17, 15) is 9.59 Å². The number of likely N-dealkylation sites (tertiary alicyclic amines) is 1. The Balaban J connectivity index is 1.86. The second-order valence-corrected chi connectivity index (χ2v) is 5.09. The molecule has 6 heteroatoms. The van der Waals surface area contributed by atoms with Crippen LogP contribution in [-0.4, -0.2) is 35.1 Å². The monoisotopic (exact) mass is 287 g/mol. The zero-order valence-corrected chi connectivity index (χ0v) is 11.6. The van der Waals surface area contributed by atoms with Gasteiger partial charge < -0.3 is 15.3 Å². The predicted octanol–water partition coefficient (Wildman–Crippen LogP) is 1.56. The quantitative estimate of drug-likeness (QED) is 0.882. The molecule has 0 spiro atoms. The number of aliphatic carboxylic acids is 1. The number of piperidine rings is 1. The maximum Gasteiger partial charge on any atom is 0.317 e. The normalized spacial score (nSPS) is 17.9. The smallest absolute Gasteiger partial charge is 0.317 e. The van der Waals surface area contributed by atoms with Crippen LogP contribution in [0.2, 0.25) is 0 Å². The van der Waals surface area contributed by atoms with Gasteiger partial charge >= 0.3 is 12.0 Å². The zero-order chi connectivity index (χ0) is 15.2. The summed E-state index contributed by atoms with van der Waals surface area (Å²) < 4.78 is 0. The molecule has 1 fully saturated rings. The van der Waals surface area contributed by atoms with Crippen molar-refractivity contribution in [1.29, 1.82) is 5.26 Å². The average Bonchev–Trinajstić information content (AvgIpc) is 2.53. The van der Waals surface area contributed by atoms with E-state index in [1.807, 2.05) is 6.07 Å². The van der Waals surface area contributed by atoms with E-state index in [2.05, 4.69) is 5.32 Å². The lowest BCUT2D eigenvalue weighted by Gasteiger charge is -2.30. The summed E-state index contributed by atoms with van der Waals surface area (Å²) in [5.74, 6) is -1.32. The molecule has 0 bridgehead atoms. The van der Waals surface area contributed by atoms with Gasteiger partial charge in [0, 0.05) is 19.6 Å². The van der Waals surface area contributed by atoms with Crippen LogP contribution in [0.5, 0.6) is 0 Å². The molecule has 1 saturated heterocycles. The van der Waals surface area contributed by atoms with E-state index in [4.69, 9.17) is 10.4 Å². The van der Waals surface area contributed by atoms with E-state index in [0.29, 0.717) is 31.5 Å². The Morgan fingerprint density at radius 3 is 2.71 bits per heavy atom. The first-order valence-electron chi connectivity index (χ1n) is 6.85. The first-order valence-corrected chi connectivity index (χ1v) is 6.85. The van der Waals surface area contributed by atoms with Crippen molar-refractivity contribution < 1.29 is 14.7 Å². The maximum absolute atomic E-state index is 12.0. The van der Waals surface area contributed by atoms with Gasteiger partial charge in [-0.15, -0.1) is 0 Å². The summed E-state index contributed by atoms with van der Waals surface area (Å²) >= 11 is 0. The van der Waals surface area contributed by atoms with Crippen LogP contribution in [0.25, 0.3) is 0 Å². The Kier molecular flexibility index (Phi) is 4.77. The van der Waals surface area contributed by atoms with Crippen LogP contribution in [0.3, 0.4) is 0 Å². The Morgan fingerprint density at radius 1 is 1.38 bits per heavy atom. The van der Waals surface area contributed by atoms with Crippen molar-refractivity contribution >= 4 is 12.0 Å². The molecule has 1 atom stereocenters. The summed E-state index contributed by atoms with van der Waals surface area (Å²) in [5.41, 5.74) is 1.47. The number of rotatable bonds is 3. The molecule has 1 unspecified atom stereocenters. The van der Waals surface area contributed by atoms with Crippen LogP contribution in [-0.2, 0) is 11.3 Å². The van der Waals surface area contributed by atoms with Crippen molar-refractivity contribution in [3.05, 3.63) is 35.4 Å². The molecule has 0 saturated carbocycles. The topological polar surface area (TPSA) is 93.4 Å². The summed E-state index contributed by atoms with van der Waals surface area (Å²) in [5, 5.41) is 20.5. The number of benzene rings is 1. The third-order valence-corrected chi connectivity index (χ3v) is 3.58. The molecule has 1 aliphatic rings. The van der Waals surface area contributed by atoms with E-state index < -0.39 is 11.9 Å². The average molecular weight is 287 g/mol. The van der Waals surface area contributed by atoms with Crippen molar-refractivity contribution in [1.82, 2.24) is 10.2 Å². The molecule has 1 aliphatic heterocycles. The molecule has 0 aromatic heterocycles. The fourth-order valence-corrected chi connectivity index (χ4v) is 2.35. The Morgan fingerprint density at radius 2 is 2.10 bits per heavy atom. The van der Waals surface area contributed by atoms with Gasteiger partial charge in [-0.3, -0.25) is 4.79 Å². The van der Waals surface area contributed by atoms with E-state index in [-0.39, 0.29) is 12.6 Å². The first kappa shape index (κ1) is 14.9. The van der Waals surface area contributed by atoms with E-state index in [1.54, 1.807) is 29.2 Å². The molecule has 6 nitrogen and oxygen atoms in total. The highest BCUT2D eigenvalue weighted by atomic mass is 16.4.